The van der Waals surface area contributed by atoms with Gasteiger partial charge in [0.25, 0.3) is 0 Å². The molecule has 0 unspecified atom stereocenters. The second-order valence-corrected chi connectivity index (χ2v) is 10.4. The van der Waals surface area contributed by atoms with Crippen LogP contribution < -0.4 is 4.90 Å². The average Bonchev–Trinajstić information content (AvgIpc) is 2.68. The Bertz CT molecular complexity index is 552. The zero-order chi connectivity index (χ0) is 20.0. The van der Waals surface area contributed by atoms with Crippen LogP contribution in [0.5, 0.6) is 0 Å². The number of benzene rings is 1. The van der Waals surface area contributed by atoms with Crippen molar-refractivity contribution in [2.24, 2.45) is 17.3 Å². The van der Waals surface area contributed by atoms with Crippen molar-refractivity contribution in [1.29, 1.82) is 0 Å². The summed E-state index contributed by atoms with van der Waals surface area (Å²) in [6, 6.07) is 10.9. The molecule has 2 N–H and O–H groups in total. The summed E-state index contributed by atoms with van der Waals surface area (Å²) in [5, 5.41) is 10.5. The molecule has 3 heteroatoms. The molecule has 0 radical (unpaired) electrons. The Balaban J connectivity index is 1.29. The molecule has 0 bridgehead atoms. The summed E-state index contributed by atoms with van der Waals surface area (Å²) in [6.45, 7) is 10.8. The fourth-order valence-corrected chi connectivity index (χ4v) is 5.18. The highest BCUT2D eigenvalue weighted by atomic mass is 16.5. The summed E-state index contributed by atoms with van der Waals surface area (Å²) in [6.07, 6.45) is 8.65. The zero-order valence-electron chi connectivity index (χ0n) is 18.3. The normalized spacial score (nSPS) is 30.1. The number of quaternary nitrogens is 1. The van der Waals surface area contributed by atoms with Crippen molar-refractivity contribution in [2.75, 3.05) is 26.2 Å². The van der Waals surface area contributed by atoms with Gasteiger partial charge in [-0.2, -0.15) is 0 Å². The first-order valence-corrected chi connectivity index (χ1v) is 11.6. The first kappa shape index (κ1) is 21.8. The van der Waals surface area contributed by atoms with Gasteiger partial charge in [0, 0.05) is 0 Å². The molecule has 0 spiro atoms. The number of hydrogen-bond donors (Lipinski definition) is 2. The number of aliphatic hydroxyl groups is 1. The Morgan fingerprint density at radius 3 is 2.25 bits per heavy atom. The maximum atomic E-state index is 10.5. The van der Waals surface area contributed by atoms with Crippen molar-refractivity contribution >= 4 is 0 Å². The van der Waals surface area contributed by atoms with Crippen molar-refractivity contribution in [1.82, 2.24) is 0 Å². The summed E-state index contributed by atoms with van der Waals surface area (Å²) < 4.78 is 6.08. The lowest BCUT2D eigenvalue weighted by molar-refractivity contribution is -0.909. The first-order valence-electron chi connectivity index (χ1n) is 11.6. The third-order valence-corrected chi connectivity index (χ3v) is 7.13. The summed E-state index contributed by atoms with van der Waals surface area (Å²) in [7, 11) is 0. The molecule has 2 fully saturated rings. The average molecular weight is 389 g/mol. The van der Waals surface area contributed by atoms with E-state index in [0.29, 0.717) is 18.1 Å². The fraction of sp³-hybridized carbons (Fsp3) is 0.760. The molecule has 0 amide bonds. The molecule has 1 heterocycles. The van der Waals surface area contributed by atoms with E-state index in [2.05, 4.69) is 51.1 Å². The standard InChI is InChI=1S/C25H41NO2/c1-25(2,3)22-9-11-24(12-10-22)28-19-23(27)18-26-15-13-21(14-16-26)17-20-7-5-4-6-8-20/h4-8,21-24,27H,9-19H2,1-3H3/p+1/t22?,23-,24?/m0/s1. The van der Waals surface area contributed by atoms with E-state index in [0.717, 1.165) is 31.2 Å². The maximum Gasteiger partial charge on any atom is 0.126 e. The maximum absolute atomic E-state index is 10.5. The monoisotopic (exact) mass is 388 g/mol. The van der Waals surface area contributed by atoms with Crippen LogP contribution in [0.3, 0.4) is 0 Å². The van der Waals surface area contributed by atoms with Crippen LogP contribution >= 0.6 is 0 Å². The number of ether oxygens (including phenoxy) is 1. The second-order valence-electron chi connectivity index (χ2n) is 10.4. The lowest BCUT2D eigenvalue weighted by Gasteiger charge is -2.37. The van der Waals surface area contributed by atoms with Gasteiger partial charge in [0.15, 0.2) is 0 Å². The Kier molecular flexibility index (Phi) is 7.96. The van der Waals surface area contributed by atoms with Gasteiger partial charge in [-0.25, -0.2) is 0 Å². The zero-order valence-corrected chi connectivity index (χ0v) is 18.3. The van der Waals surface area contributed by atoms with Gasteiger partial charge in [-0.1, -0.05) is 51.1 Å². The van der Waals surface area contributed by atoms with Crippen molar-refractivity contribution in [3.8, 4) is 0 Å². The van der Waals surface area contributed by atoms with E-state index in [-0.39, 0.29) is 6.10 Å². The molecule has 2 aliphatic rings. The molecule has 28 heavy (non-hydrogen) atoms. The summed E-state index contributed by atoms with van der Waals surface area (Å²) in [4.78, 5) is 1.55. The Morgan fingerprint density at radius 2 is 1.64 bits per heavy atom. The molecule has 1 saturated heterocycles. The predicted octanol–water partition coefficient (Wildman–Crippen LogP) is 3.51. The molecular weight excluding hydrogens is 346 g/mol. The van der Waals surface area contributed by atoms with E-state index < -0.39 is 0 Å². The van der Waals surface area contributed by atoms with Crippen LogP contribution in [0.2, 0.25) is 0 Å². The number of rotatable bonds is 7. The molecule has 0 aromatic heterocycles. The van der Waals surface area contributed by atoms with Gasteiger partial charge in [0.1, 0.15) is 12.6 Å². The molecule has 1 aromatic rings. The lowest BCUT2D eigenvalue weighted by atomic mass is 9.72. The lowest BCUT2D eigenvalue weighted by Crippen LogP contribution is -3.14. The number of hydrogen-bond acceptors (Lipinski definition) is 2. The quantitative estimate of drug-likeness (QED) is 0.750. The van der Waals surface area contributed by atoms with E-state index in [1.54, 1.807) is 4.90 Å². The highest BCUT2D eigenvalue weighted by Gasteiger charge is 2.30. The van der Waals surface area contributed by atoms with Crippen LogP contribution in [-0.4, -0.2) is 43.6 Å². The SMILES string of the molecule is CC(C)(C)C1CCC(OC[C@@H](O)C[NH+]2CCC(Cc3ccccc3)CC2)CC1. The van der Waals surface area contributed by atoms with Gasteiger partial charge in [-0.15, -0.1) is 0 Å². The van der Waals surface area contributed by atoms with Crippen molar-refractivity contribution in [3.05, 3.63) is 35.9 Å². The van der Waals surface area contributed by atoms with Gasteiger partial charge < -0.3 is 14.7 Å². The predicted molar refractivity (Wildman–Crippen MR) is 116 cm³/mol. The number of nitrogens with one attached hydrogen (secondary N) is 1. The largest absolute Gasteiger partial charge is 0.385 e. The van der Waals surface area contributed by atoms with Crippen LogP contribution in [0.25, 0.3) is 0 Å². The minimum absolute atomic E-state index is 0.319. The fourth-order valence-electron chi connectivity index (χ4n) is 5.18. The number of piperidine rings is 1. The van der Waals surface area contributed by atoms with Crippen molar-refractivity contribution in [2.45, 2.75) is 77.9 Å². The van der Waals surface area contributed by atoms with Crippen molar-refractivity contribution < 1.29 is 14.7 Å². The molecule has 1 aliphatic carbocycles. The van der Waals surface area contributed by atoms with Crippen LogP contribution in [0.15, 0.2) is 30.3 Å². The van der Waals surface area contributed by atoms with Crippen LogP contribution in [0.4, 0.5) is 0 Å². The summed E-state index contributed by atoms with van der Waals surface area (Å²) in [5.74, 6) is 1.62. The third-order valence-electron chi connectivity index (χ3n) is 7.13. The highest BCUT2D eigenvalue weighted by molar-refractivity contribution is 5.15. The number of likely N-dealkylation sites (tertiary alicyclic amines) is 1. The number of aliphatic hydroxyl groups excluding tert-OH is 1. The third kappa shape index (κ3) is 6.86. The van der Waals surface area contributed by atoms with Crippen LogP contribution in [-0.2, 0) is 11.2 Å². The van der Waals surface area contributed by atoms with Crippen LogP contribution in [0, 0.1) is 17.3 Å². The summed E-state index contributed by atoms with van der Waals surface area (Å²) in [5.41, 5.74) is 1.88. The molecule has 158 valence electrons. The Morgan fingerprint density at radius 1 is 1.00 bits per heavy atom. The van der Waals surface area contributed by atoms with Gasteiger partial charge in [-0.05, 0) is 67.8 Å². The molecule has 1 atom stereocenters. The van der Waals surface area contributed by atoms with Gasteiger partial charge >= 0.3 is 0 Å². The molecular formula is C25H42NO2+. The van der Waals surface area contributed by atoms with E-state index in [1.807, 2.05) is 0 Å². The van der Waals surface area contributed by atoms with E-state index in [1.165, 1.54) is 50.8 Å². The van der Waals surface area contributed by atoms with Gasteiger partial charge in [0.2, 0.25) is 0 Å². The topological polar surface area (TPSA) is 33.9 Å². The smallest absolute Gasteiger partial charge is 0.126 e. The Labute approximate surface area is 172 Å². The molecule has 1 saturated carbocycles. The van der Waals surface area contributed by atoms with E-state index >= 15 is 0 Å². The summed E-state index contributed by atoms with van der Waals surface area (Å²) >= 11 is 0. The minimum Gasteiger partial charge on any atom is -0.385 e. The van der Waals surface area contributed by atoms with Crippen LogP contribution in [0.1, 0.15) is 64.9 Å². The van der Waals surface area contributed by atoms with Gasteiger partial charge in [-0.3, -0.25) is 0 Å². The molecule has 1 aliphatic heterocycles. The highest BCUT2D eigenvalue weighted by Crippen LogP contribution is 2.38. The molecule has 3 nitrogen and oxygen atoms in total. The Hall–Kier alpha value is -0.900. The van der Waals surface area contributed by atoms with Gasteiger partial charge in [0.05, 0.1) is 25.8 Å². The first-order chi connectivity index (χ1) is 13.4. The second kappa shape index (κ2) is 10.2. The van der Waals surface area contributed by atoms with E-state index in [4.69, 9.17) is 4.74 Å². The molecule has 1 aromatic carbocycles. The van der Waals surface area contributed by atoms with Crippen molar-refractivity contribution in [3.63, 3.8) is 0 Å². The minimum atomic E-state index is -0.319. The van der Waals surface area contributed by atoms with E-state index in [9.17, 15) is 5.11 Å². The molecule has 3 rings (SSSR count).